The van der Waals surface area contributed by atoms with Crippen LogP contribution in [0.15, 0.2) is 59.3 Å². The van der Waals surface area contributed by atoms with Crippen LogP contribution in [0.1, 0.15) is 16.1 Å². The standard InChI is InChI=1S/C17H15N3O3/c21-15(19-10-13-6-3-9-23-13)11-20-17(22)14-7-1-4-12-5-2-8-18-16(12)14/h1-9H,10-11H2,(H,19,21)(H,20,22). The SMILES string of the molecule is O=C(CNC(=O)c1cccc2cccnc12)NCc1ccco1. The fourth-order valence-electron chi connectivity index (χ4n) is 2.20. The monoisotopic (exact) mass is 309 g/mol. The molecule has 0 bridgehead atoms. The summed E-state index contributed by atoms with van der Waals surface area (Å²) in [6, 6.07) is 12.6. The number of amides is 2. The molecule has 0 aliphatic heterocycles. The molecule has 0 atom stereocenters. The van der Waals surface area contributed by atoms with Crippen molar-refractivity contribution in [3.8, 4) is 0 Å². The Labute approximate surface area is 132 Å². The van der Waals surface area contributed by atoms with Crippen LogP contribution in [-0.2, 0) is 11.3 Å². The number of pyridine rings is 1. The van der Waals surface area contributed by atoms with Crippen molar-refractivity contribution in [1.82, 2.24) is 15.6 Å². The summed E-state index contributed by atoms with van der Waals surface area (Å²) in [7, 11) is 0. The molecular formula is C17H15N3O3. The van der Waals surface area contributed by atoms with Crippen LogP contribution in [0.5, 0.6) is 0 Å². The average Bonchev–Trinajstić information content (AvgIpc) is 3.11. The molecule has 0 spiro atoms. The van der Waals surface area contributed by atoms with Crippen molar-refractivity contribution in [2.45, 2.75) is 6.54 Å². The predicted molar refractivity (Wildman–Crippen MR) is 84.6 cm³/mol. The van der Waals surface area contributed by atoms with E-state index in [1.165, 1.54) is 6.26 Å². The van der Waals surface area contributed by atoms with E-state index in [1.807, 2.05) is 18.2 Å². The number of hydrogen-bond donors (Lipinski definition) is 2. The molecule has 6 heteroatoms. The molecule has 0 fully saturated rings. The molecule has 2 aromatic heterocycles. The van der Waals surface area contributed by atoms with Gasteiger partial charge in [-0.1, -0.05) is 18.2 Å². The van der Waals surface area contributed by atoms with Crippen molar-refractivity contribution in [1.29, 1.82) is 0 Å². The van der Waals surface area contributed by atoms with E-state index in [0.717, 1.165) is 5.39 Å². The van der Waals surface area contributed by atoms with Crippen LogP contribution in [0.25, 0.3) is 10.9 Å². The van der Waals surface area contributed by atoms with Gasteiger partial charge in [0.05, 0.1) is 30.4 Å². The lowest BCUT2D eigenvalue weighted by Gasteiger charge is -2.07. The van der Waals surface area contributed by atoms with Gasteiger partial charge in [0.15, 0.2) is 0 Å². The molecule has 2 amide bonds. The van der Waals surface area contributed by atoms with Gasteiger partial charge in [-0.3, -0.25) is 14.6 Å². The number of nitrogens with one attached hydrogen (secondary N) is 2. The zero-order chi connectivity index (χ0) is 16.1. The molecule has 1 aromatic carbocycles. The first kappa shape index (κ1) is 14.8. The van der Waals surface area contributed by atoms with Crippen molar-refractivity contribution in [3.63, 3.8) is 0 Å². The summed E-state index contributed by atoms with van der Waals surface area (Å²) < 4.78 is 5.12. The number of hydrogen-bond acceptors (Lipinski definition) is 4. The Kier molecular flexibility index (Phi) is 4.33. The van der Waals surface area contributed by atoms with Crippen molar-refractivity contribution >= 4 is 22.7 Å². The van der Waals surface area contributed by atoms with Gasteiger partial charge < -0.3 is 15.1 Å². The molecule has 0 aliphatic carbocycles. The van der Waals surface area contributed by atoms with Crippen molar-refractivity contribution in [2.75, 3.05) is 6.54 Å². The van der Waals surface area contributed by atoms with Gasteiger partial charge in [0.1, 0.15) is 5.76 Å². The van der Waals surface area contributed by atoms with Gasteiger partial charge >= 0.3 is 0 Å². The van der Waals surface area contributed by atoms with Crippen LogP contribution in [0.3, 0.4) is 0 Å². The summed E-state index contributed by atoms with van der Waals surface area (Å²) in [5.74, 6) is 0.0355. The summed E-state index contributed by atoms with van der Waals surface area (Å²) in [6.07, 6.45) is 3.17. The second kappa shape index (κ2) is 6.74. The largest absolute Gasteiger partial charge is 0.467 e. The molecule has 0 saturated carbocycles. The Bertz CT molecular complexity index is 823. The first-order chi connectivity index (χ1) is 11.2. The second-order valence-corrected chi connectivity index (χ2v) is 4.92. The van der Waals surface area contributed by atoms with E-state index in [9.17, 15) is 9.59 Å². The minimum absolute atomic E-state index is 0.108. The summed E-state index contributed by atoms with van der Waals surface area (Å²) >= 11 is 0. The predicted octanol–water partition coefficient (Wildman–Crippen LogP) is 1.87. The van der Waals surface area contributed by atoms with E-state index in [2.05, 4.69) is 15.6 Å². The minimum Gasteiger partial charge on any atom is -0.467 e. The number of rotatable bonds is 5. The van der Waals surface area contributed by atoms with Crippen LogP contribution in [0.2, 0.25) is 0 Å². The van der Waals surface area contributed by atoms with E-state index >= 15 is 0 Å². The van der Waals surface area contributed by atoms with E-state index in [0.29, 0.717) is 16.8 Å². The van der Waals surface area contributed by atoms with Gasteiger partial charge in [0.2, 0.25) is 5.91 Å². The number of benzene rings is 1. The number of carbonyl (C=O) groups excluding carboxylic acids is 2. The van der Waals surface area contributed by atoms with Gasteiger partial charge in [-0.15, -0.1) is 0 Å². The van der Waals surface area contributed by atoms with Crippen LogP contribution < -0.4 is 10.6 Å². The van der Waals surface area contributed by atoms with Crippen LogP contribution in [0, 0.1) is 0 Å². The number of nitrogens with zero attached hydrogens (tertiary/aromatic N) is 1. The van der Waals surface area contributed by atoms with Crippen molar-refractivity contribution in [2.24, 2.45) is 0 Å². The van der Waals surface area contributed by atoms with E-state index < -0.39 is 0 Å². The Morgan fingerprint density at radius 1 is 1.04 bits per heavy atom. The Balaban J connectivity index is 1.59. The lowest BCUT2D eigenvalue weighted by Crippen LogP contribution is -2.36. The molecule has 23 heavy (non-hydrogen) atoms. The number of fused-ring (bicyclic) bond motifs is 1. The molecule has 3 rings (SSSR count). The highest BCUT2D eigenvalue weighted by Crippen LogP contribution is 2.15. The zero-order valence-electron chi connectivity index (χ0n) is 12.3. The lowest BCUT2D eigenvalue weighted by atomic mass is 10.1. The van der Waals surface area contributed by atoms with Gasteiger partial charge in [-0.2, -0.15) is 0 Å². The van der Waals surface area contributed by atoms with Crippen LogP contribution in [0.4, 0.5) is 0 Å². The van der Waals surface area contributed by atoms with Crippen molar-refractivity contribution < 1.29 is 14.0 Å². The van der Waals surface area contributed by atoms with Crippen LogP contribution >= 0.6 is 0 Å². The topological polar surface area (TPSA) is 84.2 Å². The summed E-state index contributed by atoms with van der Waals surface area (Å²) in [5.41, 5.74) is 1.06. The van der Waals surface area contributed by atoms with E-state index in [-0.39, 0.29) is 24.9 Å². The first-order valence-corrected chi connectivity index (χ1v) is 7.15. The first-order valence-electron chi connectivity index (χ1n) is 7.15. The molecule has 0 aliphatic rings. The quantitative estimate of drug-likeness (QED) is 0.753. The maximum Gasteiger partial charge on any atom is 0.253 e. The molecule has 2 heterocycles. The highest BCUT2D eigenvalue weighted by atomic mass is 16.3. The van der Waals surface area contributed by atoms with Gasteiger partial charge in [0.25, 0.3) is 5.91 Å². The molecule has 116 valence electrons. The van der Waals surface area contributed by atoms with Gasteiger partial charge in [-0.05, 0) is 24.3 Å². The Hall–Kier alpha value is -3.15. The molecule has 2 N–H and O–H groups in total. The highest BCUT2D eigenvalue weighted by molar-refractivity contribution is 6.06. The number of carbonyl (C=O) groups is 2. The highest BCUT2D eigenvalue weighted by Gasteiger charge is 2.12. The Morgan fingerprint density at radius 2 is 1.91 bits per heavy atom. The number of para-hydroxylation sites is 1. The molecular weight excluding hydrogens is 294 g/mol. The second-order valence-electron chi connectivity index (χ2n) is 4.92. The van der Waals surface area contributed by atoms with Crippen molar-refractivity contribution in [3.05, 3.63) is 66.2 Å². The zero-order valence-corrected chi connectivity index (χ0v) is 12.3. The molecule has 3 aromatic rings. The van der Waals surface area contributed by atoms with E-state index in [4.69, 9.17) is 4.42 Å². The van der Waals surface area contributed by atoms with Gasteiger partial charge in [-0.25, -0.2) is 0 Å². The molecule has 0 radical (unpaired) electrons. The fourth-order valence-corrected chi connectivity index (χ4v) is 2.20. The Morgan fingerprint density at radius 3 is 2.74 bits per heavy atom. The van der Waals surface area contributed by atoms with Crippen LogP contribution in [-0.4, -0.2) is 23.3 Å². The van der Waals surface area contributed by atoms with E-state index in [1.54, 1.807) is 30.5 Å². The van der Waals surface area contributed by atoms with Gasteiger partial charge in [0, 0.05) is 11.6 Å². The summed E-state index contributed by atoms with van der Waals surface area (Å²) in [4.78, 5) is 28.2. The molecule has 0 saturated heterocycles. The molecule has 6 nitrogen and oxygen atoms in total. The third-order valence-corrected chi connectivity index (χ3v) is 3.33. The maximum atomic E-state index is 12.2. The molecule has 0 unspecified atom stereocenters. The fraction of sp³-hybridized carbons (Fsp3) is 0.118. The lowest BCUT2D eigenvalue weighted by molar-refractivity contribution is -0.120. The number of aromatic nitrogens is 1. The maximum absolute atomic E-state index is 12.2. The smallest absolute Gasteiger partial charge is 0.253 e. The number of furan rings is 1. The summed E-state index contributed by atoms with van der Waals surface area (Å²) in [6.45, 7) is 0.181. The normalized spacial score (nSPS) is 10.4. The average molecular weight is 309 g/mol. The third-order valence-electron chi connectivity index (χ3n) is 3.33. The minimum atomic E-state index is -0.331. The summed E-state index contributed by atoms with van der Waals surface area (Å²) in [5, 5.41) is 6.14. The third kappa shape index (κ3) is 3.55.